The van der Waals surface area contributed by atoms with Crippen molar-refractivity contribution in [1.29, 1.82) is 0 Å². The number of carboxylic acid groups (broad SMARTS) is 1. The molecule has 1 heterocycles. The van der Waals surface area contributed by atoms with Crippen LogP contribution in [0, 0.1) is 13.8 Å². The van der Waals surface area contributed by atoms with E-state index in [9.17, 15) is 9.90 Å². The van der Waals surface area contributed by atoms with Crippen LogP contribution in [-0.2, 0) is 6.42 Å². The summed E-state index contributed by atoms with van der Waals surface area (Å²) in [7, 11) is 0. The van der Waals surface area contributed by atoms with Gasteiger partial charge in [0.25, 0.3) is 0 Å². The molecule has 0 amide bonds. The number of aryl methyl sites for hydroxylation is 2. The number of carboxylic acids is 1. The number of hydrogen-bond donors (Lipinski definition) is 1. The maximum atomic E-state index is 11.3. The number of benzene rings is 1. The topological polar surface area (TPSA) is 68.0 Å². The summed E-state index contributed by atoms with van der Waals surface area (Å²) >= 11 is 0. The van der Waals surface area contributed by atoms with Crippen molar-refractivity contribution in [1.82, 2.24) is 15.0 Å². The molecular weight excluding hydrogens is 254 g/mol. The fourth-order valence-electron chi connectivity index (χ4n) is 2.18. The van der Waals surface area contributed by atoms with Crippen molar-refractivity contribution >= 4 is 5.97 Å². The lowest BCUT2D eigenvalue weighted by Crippen LogP contribution is -2.08. The normalized spacial score (nSPS) is 10.8. The quantitative estimate of drug-likeness (QED) is 0.909. The summed E-state index contributed by atoms with van der Waals surface area (Å²) < 4.78 is 1.67. The molecule has 0 fully saturated rings. The molecule has 5 heteroatoms. The second-order valence-electron chi connectivity index (χ2n) is 5.00. The van der Waals surface area contributed by atoms with Crippen LogP contribution in [0.1, 0.15) is 47.1 Å². The molecule has 0 atom stereocenters. The maximum Gasteiger partial charge on any atom is 0.358 e. The summed E-state index contributed by atoms with van der Waals surface area (Å²) in [4.78, 5) is 11.3. The molecule has 1 aromatic heterocycles. The number of aromatic nitrogens is 3. The van der Waals surface area contributed by atoms with Crippen LogP contribution in [0.25, 0.3) is 5.69 Å². The third kappa shape index (κ3) is 2.71. The molecular formula is C15H19N3O2. The molecule has 0 aliphatic carbocycles. The standard InChI is InChI=1S/C15H19N3O2/c1-4-5-6-12-14(15(19)20)16-17-18(12)13-9-10(2)7-8-11(13)3/h7-9H,4-6H2,1-3H3,(H,19,20). The van der Waals surface area contributed by atoms with E-state index in [-0.39, 0.29) is 5.69 Å². The molecule has 0 saturated heterocycles. The van der Waals surface area contributed by atoms with Crippen LogP contribution in [0.4, 0.5) is 0 Å². The lowest BCUT2D eigenvalue weighted by atomic mass is 10.1. The van der Waals surface area contributed by atoms with Crippen LogP contribution < -0.4 is 0 Å². The van der Waals surface area contributed by atoms with Crippen molar-refractivity contribution in [2.45, 2.75) is 40.0 Å². The fourth-order valence-corrected chi connectivity index (χ4v) is 2.18. The second kappa shape index (κ2) is 5.86. The summed E-state index contributed by atoms with van der Waals surface area (Å²) in [5.41, 5.74) is 3.79. The Balaban J connectivity index is 2.55. The molecule has 0 radical (unpaired) electrons. The number of unbranched alkanes of at least 4 members (excludes halogenated alkanes) is 1. The Morgan fingerprint density at radius 1 is 1.35 bits per heavy atom. The minimum Gasteiger partial charge on any atom is -0.476 e. The molecule has 2 rings (SSSR count). The van der Waals surface area contributed by atoms with Gasteiger partial charge in [0.05, 0.1) is 11.4 Å². The lowest BCUT2D eigenvalue weighted by Gasteiger charge is -2.10. The van der Waals surface area contributed by atoms with Gasteiger partial charge in [-0.05, 0) is 43.9 Å². The number of rotatable bonds is 5. The molecule has 106 valence electrons. The zero-order chi connectivity index (χ0) is 14.7. The van der Waals surface area contributed by atoms with Crippen LogP contribution in [0.3, 0.4) is 0 Å². The van der Waals surface area contributed by atoms with Gasteiger partial charge in [-0.1, -0.05) is 30.7 Å². The van der Waals surface area contributed by atoms with Gasteiger partial charge in [-0.15, -0.1) is 5.10 Å². The summed E-state index contributed by atoms with van der Waals surface area (Å²) in [6.07, 6.45) is 2.58. The van der Waals surface area contributed by atoms with Gasteiger partial charge in [-0.3, -0.25) is 0 Å². The SMILES string of the molecule is CCCCc1c(C(=O)O)nnn1-c1cc(C)ccc1C. The minimum absolute atomic E-state index is 0.0550. The zero-order valence-corrected chi connectivity index (χ0v) is 12.1. The van der Waals surface area contributed by atoms with Crippen LogP contribution >= 0.6 is 0 Å². The minimum atomic E-state index is -1.02. The Labute approximate surface area is 118 Å². The summed E-state index contributed by atoms with van der Waals surface area (Å²) in [6.45, 7) is 6.07. The highest BCUT2D eigenvalue weighted by molar-refractivity contribution is 5.86. The van der Waals surface area contributed by atoms with Gasteiger partial charge < -0.3 is 5.11 Å². The van der Waals surface area contributed by atoms with Crippen LogP contribution in [0.2, 0.25) is 0 Å². The van der Waals surface area contributed by atoms with Crippen LogP contribution in [-0.4, -0.2) is 26.1 Å². The first-order valence-electron chi connectivity index (χ1n) is 6.80. The molecule has 0 aliphatic heterocycles. The average Bonchev–Trinajstić information content (AvgIpc) is 2.83. The maximum absolute atomic E-state index is 11.3. The largest absolute Gasteiger partial charge is 0.476 e. The molecule has 0 spiro atoms. The molecule has 0 unspecified atom stereocenters. The summed E-state index contributed by atoms with van der Waals surface area (Å²) in [6, 6.07) is 6.04. The van der Waals surface area contributed by atoms with E-state index >= 15 is 0 Å². The van der Waals surface area contributed by atoms with Crippen molar-refractivity contribution in [2.24, 2.45) is 0 Å². The van der Waals surface area contributed by atoms with Crippen molar-refractivity contribution < 1.29 is 9.90 Å². The first-order chi connectivity index (χ1) is 9.54. The Morgan fingerprint density at radius 2 is 2.10 bits per heavy atom. The molecule has 1 N–H and O–H groups in total. The monoisotopic (exact) mass is 273 g/mol. The van der Waals surface area contributed by atoms with E-state index in [0.717, 1.165) is 29.7 Å². The molecule has 0 saturated carbocycles. The van der Waals surface area contributed by atoms with E-state index in [1.807, 2.05) is 32.0 Å². The van der Waals surface area contributed by atoms with Crippen molar-refractivity contribution in [3.63, 3.8) is 0 Å². The van der Waals surface area contributed by atoms with Gasteiger partial charge in [-0.25, -0.2) is 9.48 Å². The second-order valence-corrected chi connectivity index (χ2v) is 5.00. The fraction of sp³-hybridized carbons (Fsp3) is 0.400. The Hall–Kier alpha value is -2.17. The van der Waals surface area contributed by atoms with Gasteiger partial charge in [0.2, 0.25) is 0 Å². The molecule has 20 heavy (non-hydrogen) atoms. The Bertz CT molecular complexity index is 632. The molecule has 2 aromatic rings. The van der Waals surface area contributed by atoms with Gasteiger partial charge in [0.15, 0.2) is 5.69 Å². The third-order valence-corrected chi connectivity index (χ3v) is 3.33. The van der Waals surface area contributed by atoms with Crippen LogP contribution in [0.5, 0.6) is 0 Å². The predicted molar refractivity (Wildman–Crippen MR) is 76.4 cm³/mol. The molecule has 5 nitrogen and oxygen atoms in total. The summed E-state index contributed by atoms with van der Waals surface area (Å²) in [5.74, 6) is -1.02. The molecule has 0 bridgehead atoms. The van der Waals surface area contributed by atoms with Crippen LogP contribution in [0.15, 0.2) is 18.2 Å². The first-order valence-corrected chi connectivity index (χ1v) is 6.80. The number of hydrogen-bond acceptors (Lipinski definition) is 3. The number of carbonyl (C=O) groups is 1. The van der Waals surface area contributed by atoms with E-state index < -0.39 is 5.97 Å². The van der Waals surface area contributed by atoms with E-state index in [4.69, 9.17) is 0 Å². The van der Waals surface area contributed by atoms with E-state index in [1.165, 1.54) is 0 Å². The third-order valence-electron chi connectivity index (χ3n) is 3.33. The van der Waals surface area contributed by atoms with Crippen molar-refractivity contribution in [3.05, 3.63) is 40.7 Å². The zero-order valence-electron chi connectivity index (χ0n) is 12.1. The Kier molecular flexibility index (Phi) is 4.17. The van der Waals surface area contributed by atoms with Gasteiger partial charge >= 0.3 is 5.97 Å². The predicted octanol–water partition coefficient (Wildman–Crippen LogP) is 2.92. The smallest absolute Gasteiger partial charge is 0.358 e. The Morgan fingerprint density at radius 3 is 2.75 bits per heavy atom. The highest BCUT2D eigenvalue weighted by atomic mass is 16.4. The van der Waals surface area contributed by atoms with E-state index in [1.54, 1.807) is 4.68 Å². The highest BCUT2D eigenvalue weighted by Gasteiger charge is 2.20. The van der Waals surface area contributed by atoms with Gasteiger partial charge in [0.1, 0.15) is 0 Å². The van der Waals surface area contributed by atoms with Gasteiger partial charge in [-0.2, -0.15) is 0 Å². The first kappa shape index (κ1) is 14.2. The van der Waals surface area contributed by atoms with Crippen molar-refractivity contribution in [2.75, 3.05) is 0 Å². The summed E-state index contributed by atoms with van der Waals surface area (Å²) in [5, 5.41) is 17.1. The highest BCUT2D eigenvalue weighted by Crippen LogP contribution is 2.20. The van der Waals surface area contributed by atoms with E-state index in [2.05, 4.69) is 17.2 Å². The van der Waals surface area contributed by atoms with Gasteiger partial charge in [0, 0.05) is 0 Å². The molecule has 0 aliphatic rings. The number of nitrogens with zero attached hydrogens (tertiary/aromatic N) is 3. The molecule has 1 aromatic carbocycles. The average molecular weight is 273 g/mol. The number of aromatic carboxylic acids is 1. The lowest BCUT2D eigenvalue weighted by molar-refractivity contribution is 0.0689. The van der Waals surface area contributed by atoms with Crippen molar-refractivity contribution in [3.8, 4) is 5.69 Å². The van der Waals surface area contributed by atoms with E-state index in [0.29, 0.717) is 12.1 Å².